The van der Waals surface area contributed by atoms with Crippen LogP contribution < -0.4 is 0 Å². The lowest BCUT2D eigenvalue weighted by atomic mass is 10.1. The number of hydrogen-bond acceptors (Lipinski definition) is 3. The van der Waals surface area contributed by atoms with Gasteiger partial charge in [0.2, 0.25) is 0 Å². The fourth-order valence-electron chi connectivity index (χ4n) is 1.81. The lowest BCUT2D eigenvalue weighted by Crippen LogP contribution is -2.34. The highest BCUT2D eigenvalue weighted by atomic mass is 79.9. The molecule has 1 unspecified atom stereocenters. The average molecular weight is 285 g/mol. The summed E-state index contributed by atoms with van der Waals surface area (Å²) in [5.74, 6) is -0.126. The molecular formula is C11H13BrN2O2. The number of carbonyl (C=O) groups excluding carboxylic acids is 1. The smallest absolute Gasteiger partial charge is 0.272 e. The predicted octanol–water partition coefficient (Wildman–Crippen LogP) is 1.44. The van der Waals surface area contributed by atoms with E-state index < -0.39 is 5.60 Å². The van der Waals surface area contributed by atoms with Gasteiger partial charge in [-0.1, -0.05) is 6.07 Å². The van der Waals surface area contributed by atoms with Gasteiger partial charge in [0.1, 0.15) is 10.3 Å². The fourth-order valence-corrected chi connectivity index (χ4v) is 2.15. The number of aromatic nitrogens is 1. The van der Waals surface area contributed by atoms with E-state index in [1.165, 1.54) is 0 Å². The van der Waals surface area contributed by atoms with Gasteiger partial charge in [0.15, 0.2) is 0 Å². The second kappa shape index (κ2) is 4.14. The summed E-state index contributed by atoms with van der Waals surface area (Å²) >= 11 is 3.23. The molecule has 0 bridgehead atoms. The molecule has 0 saturated carbocycles. The van der Waals surface area contributed by atoms with E-state index in [9.17, 15) is 9.90 Å². The lowest BCUT2D eigenvalue weighted by molar-refractivity contribution is 0.0569. The Kier molecular flexibility index (Phi) is 2.99. The predicted molar refractivity (Wildman–Crippen MR) is 63.1 cm³/mol. The summed E-state index contributed by atoms with van der Waals surface area (Å²) in [4.78, 5) is 17.8. The molecule has 0 spiro atoms. The standard InChI is InChI=1S/C11H13BrN2O2/c1-11(16)5-6-14(7-11)10(15)8-3-2-4-9(12)13-8/h2-4,16H,5-7H2,1H3. The molecule has 2 heterocycles. The minimum Gasteiger partial charge on any atom is -0.388 e. The quantitative estimate of drug-likeness (QED) is 0.794. The molecule has 1 aliphatic rings. The molecule has 0 radical (unpaired) electrons. The number of nitrogens with zero attached hydrogens (tertiary/aromatic N) is 2. The molecule has 0 aromatic carbocycles. The van der Waals surface area contributed by atoms with E-state index in [2.05, 4.69) is 20.9 Å². The molecule has 4 nitrogen and oxygen atoms in total. The highest BCUT2D eigenvalue weighted by molar-refractivity contribution is 9.10. The Bertz CT molecular complexity index is 420. The number of pyridine rings is 1. The summed E-state index contributed by atoms with van der Waals surface area (Å²) in [5.41, 5.74) is -0.353. The minimum absolute atomic E-state index is 0.126. The van der Waals surface area contributed by atoms with Crippen molar-refractivity contribution in [3.8, 4) is 0 Å². The topological polar surface area (TPSA) is 53.4 Å². The number of rotatable bonds is 1. The molecule has 0 aliphatic carbocycles. The number of amides is 1. The molecule has 1 atom stereocenters. The average Bonchev–Trinajstić information content (AvgIpc) is 2.58. The van der Waals surface area contributed by atoms with E-state index in [1.807, 2.05) is 0 Å². The fraction of sp³-hybridized carbons (Fsp3) is 0.455. The van der Waals surface area contributed by atoms with Crippen molar-refractivity contribution < 1.29 is 9.90 Å². The maximum atomic E-state index is 12.0. The summed E-state index contributed by atoms with van der Waals surface area (Å²) < 4.78 is 0.643. The Balaban J connectivity index is 2.15. The van der Waals surface area contributed by atoms with Crippen molar-refractivity contribution in [3.05, 3.63) is 28.5 Å². The first-order chi connectivity index (χ1) is 7.48. The molecule has 1 fully saturated rings. The van der Waals surface area contributed by atoms with Crippen molar-refractivity contribution in [2.24, 2.45) is 0 Å². The van der Waals surface area contributed by atoms with Gasteiger partial charge in [-0.2, -0.15) is 0 Å². The summed E-state index contributed by atoms with van der Waals surface area (Å²) in [7, 11) is 0. The van der Waals surface area contributed by atoms with Crippen LogP contribution in [0.5, 0.6) is 0 Å². The van der Waals surface area contributed by atoms with E-state index in [1.54, 1.807) is 30.0 Å². The first-order valence-corrected chi connectivity index (χ1v) is 5.91. The van der Waals surface area contributed by atoms with Crippen LogP contribution >= 0.6 is 15.9 Å². The summed E-state index contributed by atoms with van der Waals surface area (Å²) in [5, 5.41) is 9.79. The van der Waals surface area contributed by atoms with Crippen molar-refractivity contribution in [3.63, 3.8) is 0 Å². The number of halogens is 1. The molecule has 1 aromatic rings. The zero-order valence-electron chi connectivity index (χ0n) is 8.98. The first kappa shape index (κ1) is 11.5. The normalized spacial score (nSPS) is 24.8. The first-order valence-electron chi connectivity index (χ1n) is 5.12. The van der Waals surface area contributed by atoms with Crippen molar-refractivity contribution in [2.45, 2.75) is 18.9 Å². The largest absolute Gasteiger partial charge is 0.388 e. The molecule has 1 amide bonds. The number of aliphatic hydroxyl groups is 1. The van der Waals surface area contributed by atoms with Gasteiger partial charge in [-0.05, 0) is 41.4 Å². The van der Waals surface area contributed by atoms with Crippen molar-refractivity contribution in [2.75, 3.05) is 13.1 Å². The molecule has 5 heteroatoms. The second-order valence-electron chi connectivity index (χ2n) is 4.32. The molecule has 1 aromatic heterocycles. The second-order valence-corrected chi connectivity index (χ2v) is 5.13. The van der Waals surface area contributed by atoms with Gasteiger partial charge < -0.3 is 10.0 Å². The van der Waals surface area contributed by atoms with Crippen molar-refractivity contribution in [1.29, 1.82) is 0 Å². The van der Waals surface area contributed by atoms with Gasteiger partial charge >= 0.3 is 0 Å². The van der Waals surface area contributed by atoms with Gasteiger partial charge in [0, 0.05) is 13.1 Å². The van der Waals surface area contributed by atoms with Crippen LogP contribution in [-0.4, -0.2) is 39.6 Å². The zero-order chi connectivity index (χ0) is 11.8. The van der Waals surface area contributed by atoms with Crippen molar-refractivity contribution >= 4 is 21.8 Å². The molecule has 2 rings (SSSR count). The van der Waals surface area contributed by atoms with Crippen LogP contribution in [0.3, 0.4) is 0 Å². The van der Waals surface area contributed by atoms with Crippen LogP contribution in [0, 0.1) is 0 Å². The number of likely N-dealkylation sites (tertiary alicyclic amines) is 1. The number of β-amino-alcohol motifs (C(OH)–C–C–N with tert-alkyl or cyclic N) is 1. The van der Waals surface area contributed by atoms with Crippen LogP contribution in [0.15, 0.2) is 22.8 Å². The minimum atomic E-state index is -0.762. The Morgan fingerprint density at radius 3 is 2.94 bits per heavy atom. The van der Waals surface area contributed by atoms with E-state index in [-0.39, 0.29) is 5.91 Å². The summed E-state index contributed by atoms with van der Waals surface area (Å²) in [6.07, 6.45) is 0.618. The van der Waals surface area contributed by atoms with E-state index in [0.717, 1.165) is 0 Å². The summed E-state index contributed by atoms with van der Waals surface area (Å²) in [6, 6.07) is 5.23. The maximum absolute atomic E-state index is 12.0. The van der Waals surface area contributed by atoms with Crippen LogP contribution in [0.2, 0.25) is 0 Å². The highest BCUT2D eigenvalue weighted by Crippen LogP contribution is 2.21. The van der Waals surface area contributed by atoms with Gasteiger partial charge in [-0.25, -0.2) is 4.98 Å². The highest BCUT2D eigenvalue weighted by Gasteiger charge is 2.34. The van der Waals surface area contributed by atoms with Gasteiger partial charge in [-0.15, -0.1) is 0 Å². The molecular weight excluding hydrogens is 272 g/mol. The monoisotopic (exact) mass is 284 g/mol. The molecule has 1 saturated heterocycles. The van der Waals surface area contributed by atoms with Gasteiger partial charge in [0.25, 0.3) is 5.91 Å². The van der Waals surface area contributed by atoms with Gasteiger partial charge in [-0.3, -0.25) is 4.79 Å². The van der Waals surface area contributed by atoms with E-state index in [0.29, 0.717) is 29.8 Å². The Hall–Kier alpha value is -0.940. The number of hydrogen-bond donors (Lipinski definition) is 1. The molecule has 1 N–H and O–H groups in total. The van der Waals surface area contributed by atoms with E-state index in [4.69, 9.17) is 0 Å². The van der Waals surface area contributed by atoms with Crippen LogP contribution in [0.1, 0.15) is 23.8 Å². The van der Waals surface area contributed by atoms with Crippen LogP contribution in [0.4, 0.5) is 0 Å². The number of carbonyl (C=O) groups is 1. The van der Waals surface area contributed by atoms with E-state index >= 15 is 0 Å². The molecule has 16 heavy (non-hydrogen) atoms. The Morgan fingerprint density at radius 1 is 1.62 bits per heavy atom. The molecule has 1 aliphatic heterocycles. The molecule has 86 valence electrons. The SMILES string of the molecule is CC1(O)CCN(C(=O)c2cccc(Br)n2)C1. The van der Waals surface area contributed by atoms with Crippen LogP contribution in [-0.2, 0) is 0 Å². The third-order valence-corrected chi connectivity index (χ3v) is 3.11. The Labute approximate surface area is 102 Å². The zero-order valence-corrected chi connectivity index (χ0v) is 10.6. The Morgan fingerprint density at radius 2 is 2.38 bits per heavy atom. The lowest BCUT2D eigenvalue weighted by Gasteiger charge is -2.18. The van der Waals surface area contributed by atoms with Crippen LogP contribution in [0.25, 0.3) is 0 Å². The summed E-state index contributed by atoms with van der Waals surface area (Å²) in [6.45, 7) is 2.70. The van der Waals surface area contributed by atoms with Gasteiger partial charge in [0.05, 0.1) is 5.60 Å². The maximum Gasteiger partial charge on any atom is 0.272 e. The third kappa shape index (κ3) is 2.41. The van der Waals surface area contributed by atoms with Crippen molar-refractivity contribution in [1.82, 2.24) is 9.88 Å². The third-order valence-electron chi connectivity index (χ3n) is 2.67.